The van der Waals surface area contributed by atoms with E-state index in [2.05, 4.69) is 0 Å². The first kappa shape index (κ1) is 13.6. The minimum absolute atomic E-state index is 0.0383. The third kappa shape index (κ3) is 2.61. The smallest absolute Gasteiger partial charge is 0.140 e. The van der Waals surface area contributed by atoms with Gasteiger partial charge < -0.3 is 10.5 Å². The molecule has 1 aliphatic rings. The summed E-state index contributed by atoms with van der Waals surface area (Å²) in [6.45, 7) is 0.306. The van der Waals surface area contributed by atoms with Gasteiger partial charge in [-0.05, 0) is 47.7 Å². The number of nitrogens with zero attached hydrogens (tertiary/aromatic N) is 1. The van der Waals surface area contributed by atoms with Gasteiger partial charge in [0.05, 0.1) is 5.56 Å². The number of fused-ring (bicyclic) bond motifs is 1. The predicted molar refractivity (Wildman–Crippen MR) is 77.1 cm³/mol. The van der Waals surface area contributed by atoms with Crippen molar-refractivity contribution in [3.63, 3.8) is 0 Å². The second-order valence-electron chi connectivity index (χ2n) is 5.18. The number of ether oxygens (including phenoxy) is 1. The molecular formula is C17H15FN2O. The molecule has 0 fully saturated rings. The lowest BCUT2D eigenvalue weighted by Crippen LogP contribution is -2.05. The van der Waals surface area contributed by atoms with Crippen molar-refractivity contribution in [2.75, 3.05) is 0 Å². The van der Waals surface area contributed by atoms with E-state index in [0.717, 1.165) is 35.3 Å². The highest BCUT2D eigenvalue weighted by Gasteiger charge is 2.22. The van der Waals surface area contributed by atoms with Crippen molar-refractivity contribution >= 4 is 0 Å². The van der Waals surface area contributed by atoms with Crippen LogP contribution in [0.1, 0.15) is 34.7 Å². The van der Waals surface area contributed by atoms with E-state index in [-0.39, 0.29) is 11.6 Å². The van der Waals surface area contributed by atoms with Gasteiger partial charge in [-0.2, -0.15) is 5.26 Å². The Bertz CT molecular complexity index is 721. The van der Waals surface area contributed by atoms with Crippen LogP contribution in [0.5, 0.6) is 5.75 Å². The van der Waals surface area contributed by atoms with E-state index in [4.69, 9.17) is 15.7 Å². The zero-order valence-corrected chi connectivity index (χ0v) is 11.5. The summed E-state index contributed by atoms with van der Waals surface area (Å²) in [5.74, 6) is 0.316. The number of nitrogens with two attached hydrogens (primary N) is 1. The van der Waals surface area contributed by atoms with Crippen LogP contribution in [0.2, 0.25) is 0 Å². The number of benzene rings is 2. The molecule has 21 heavy (non-hydrogen) atoms. The van der Waals surface area contributed by atoms with Crippen LogP contribution in [0.25, 0.3) is 0 Å². The largest absolute Gasteiger partial charge is 0.489 e. The second-order valence-corrected chi connectivity index (χ2v) is 5.18. The maximum Gasteiger partial charge on any atom is 0.140 e. The molecule has 1 aliphatic carbocycles. The minimum atomic E-state index is -0.507. The number of rotatable bonds is 3. The lowest BCUT2D eigenvalue weighted by atomic mass is 10.1. The first-order valence-electron chi connectivity index (χ1n) is 6.87. The lowest BCUT2D eigenvalue weighted by molar-refractivity contribution is 0.303. The monoisotopic (exact) mass is 282 g/mol. The number of hydrogen-bond donors (Lipinski definition) is 1. The predicted octanol–water partition coefficient (Wildman–Crippen LogP) is 3.22. The lowest BCUT2D eigenvalue weighted by Gasteiger charge is -2.12. The molecule has 1 atom stereocenters. The van der Waals surface area contributed by atoms with Crippen molar-refractivity contribution in [2.24, 2.45) is 5.73 Å². The summed E-state index contributed by atoms with van der Waals surface area (Å²) < 4.78 is 19.1. The molecule has 0 amide bonds. The highest BCUT2D eigenvalue weighted by molar-refractivity contribution is 5.45. The quantitative estimate of drug-likeness (QED) is 0.940. The average molecular weight is 282 g/mol. The topological polar surface area (TPSA) is 59.0 Å². The summed E-state index contributed by atoms with van der Waals surface area (Å²) in [5, 5.41) is 8.84. The summed E-state index contributed by atoms with van der Waals surface area (Å²) in [6, 6.07) is 12.3. The minimum Gasteiger partial charge on any atom is -0.489 e. The van der Waals surface area contributed by atoms with Gasteiger partial charge in [0.15, 0.2) is 0 Å². The summed E-state index contributed by atoms with van der Waals surface area (Å²) in [4.78, 5) is 0. The number of hydrogen-bond acceptors (Lipinski definition) is 3. The standard InChI is InChI=1S/C17H15FN2O/c18-15-6-4-11(8-12(15)9-19)10-21-17-3-1-2-13-14(17)5-7-16(13)20/h1-4,6,8,16H,5,7,10,20H2. The number of halogens is 1. The molecule has 4 heteroatoms. The molecular weight excluding hydrogens is 267 g/mol. The van der Waals surface area contributed by atoms with Crippen LogP contribution in [0, 0.1) is 17.1 Å². The van der Waals surface area contributed by atoms with Crippen molar-refractivity contribution in [3.05, 3.63) is 64.5 Å². The second kappa shape index (κ2) is 5.55. The molecule has 3 nitrogen and oxygen atoms in total. The first-order valence-corrected chi connectivity index (χ1v) is 6.87. The average Bonchev–Trinajstić information content (AvgIpc) is 2.89. The Balaban J connectivity index is 1.79. The molecule has 1 unspecified atom stereocenters. The van der Waals surface area contributed by atoms with Gasteiger partial charge in [-0.1, -0.05) is 18.2 Å². The van der Waals surface area contributed by atoms with Gasteiger partial charge in [0.25, 0.3) is 0 Å². The van der Waals surface area contributed by atoms with Gasteiger partial charge >= 0.3 is 0 Å². The Morgan fingerprint density at radius 3 is 3.00 bits per heavy atom. The normalized spacial score (nSPS) is 16.3. The fourth-order valence-electron chi connectivity index (χ4n) is 2.70. The molecule has 2 N–H and O–H groups in total. The fraction of sp³-hybridized carbons (Fsp3) is 0.235. The Labute approximate surface area is 122 Å². The van der Waals surface area contributed by atoms with Gasteiger partial charge in [0.2, 0.25) is 0 Å². The highest BCUT2D eigenvalue weighted by atomic mass is 19.1. The SMILES string of the molecule is N#Cc1cc(COc2cccc3c2CCC3N)ccc1F. The van der Waals surface area contributed by atoms with Crippen molar-refractivity contribution < 1.29 is 9.13 Å². The third-order valence-corrected chi connectivity index (χ3v) is 3.82. The molecule has 3 rings (SSSR count). The number of nitriles is 1. The van der Waals surface area contributed by atoms with Gasteiger partial charge in [-0.3, -0.25) is 0 Å². The van der Waals surface area contributed by atoms with Crippen LogP contribution in [0.15, 0.2) is 36.4 Å². The van der Waals surface area contributed by atoms with Crippen LogP contribution < -0.4 is 10.5 Å². The van der Waals surface area contributed by atoms with Crippen LogP contribution in [-0.2, 0) is 13.0 Å². The van der Waals surface area contributed by atoms with E-state index in [9.17, 15) is 4.39 Å². The molecule has 2 aromatic rings. The van der Waals surface area contributed by atoms with Crippen molar-refractivity contribution in [1.29, 1.82) is 5.26 Å². The van der Waals surface area contributed by atoms with E-state index in [0.29, 0.717) is 6.61 Å². The molecule has 0 radical (unpaired) electrons. The molecule has 0 heterocycles. The van der Waals surface area contributed by atoms with Crippen LogP contribution in [0.3, 0.4) is 0 Å². The maximum atomic E-state index is 13.3. The van der Waals surface area contributed by atoms with E-state index in [1.54, 1.807) is 6.07 Å². The Morgan fingerprint density at radius 1 is 1.33 bits per heavy atom. The van der Waals surface area contributed by atoms with Crippen molar-refractivity contribution in [3.8, 4) is 11.8 Å². The van der Waals surface area contributed by atoms with Crippen LogP contribution >= 0.6 is 0 Å². The van der Waals surface area contributed by atoms with Crippen molar-refractivity contribution in [1.82, 2.24) is 0 Å². The van der Waals surface area contributed by atoms with Crippen LogP contribution in [0.4, 0.5) is 4.39 Å². The zero-order chi connectivity index (χ0) is 14.8. The van der Waals surface area contributed by atoms with E-state index >= 15 is 0 Å². The van der Waals surface area contributed by atoms with Gasteiger partial charge in [-0.25, -0.2) is 4.39 Å². The molecule has 2 aromatic carbocycles. The summed E-state index contributed by atoms with van der Waals surface area (Å²) in [5.41, 5.74) is 9.16. The van der Waals surface area contributed by atoms with Gasteiger partial charge in [0, 0.05) is 6.04 Å². The highest BCUT2D eigenvalue weighted by Crippen LogP contribution is 2.35. The fourth-order valence-corrected chi connectivity index (χ4v) is 2.70. The zero-order valence-electron chi connectivity index (χ0n) is 11.5. The van der Waals surface area contributed by atoms with E-state index in [1.807, 2.05) is 24.3 Å². The summed E-state index contributed by atoms with van der Waals surface area (Å²) in [7, 11) is 0. The Kier molecular flexibility index (Phi) is 3.59. The molecule has 0 saturated carbocycles. The summed E-state index contributed by atoms with van der Waals surface area (Å²) >= 11 is 0. The van der Waals surface area contributed by atoms with Gasteiger partial charge in [0.1, 0.15) is 24.2 Å². The van der Waals surface area contributed by atoms with Crippen molar-refractivity contribution in [2.45, 2.75) is 25.5 Å². The van der Waals surface area contributed by atoms with Gasteiger partial charge in [-0.15, -0.1) is 0 Å². The maximum absolute atomic E-state index is 13.3. The Morgan fingerprint density at radius 2 is 2.19 bits per heavy atom. The third-order valence-electron chi connectivity index (χ3n) is 3.82. The molecule has 0 aromatic heterocycles. The van der Waals surface area contributed by atoms with Crippen LogP contribution in [-0.4, -0.2) is 0 Å². The molecule has 0 aliphatic heterocycles. The molecule has 0 spiro atoms. The Hall–Kier alpha value is -2.38. The first-order chi connectivity index (χ1) is 10.2. The summed E-state index contributed by atoms with van der Waals surface area (Å²) in [6.07, 6.45) is 1.85. The van der Waals surface area contributed by atoms with E-state index < -0.39 is 5.82 Å². The molecule has 106 valence electrons. The van der Waals surface area contributed by atoms with E-state index in [1.165, 1.54) is 12.1 Å². The molecule has 0 bridgehead atoms. The molecule has 0 saturated heterocycles.